The zero-order valence-electron chi connectivity index (χ0n) is 8.61. The number of hydrogen-bond acceptors (Lipinski definition) is 5. The van der Waals surface area contributed by atoms with Crippen molar-refractivity contribution < 1.29 is 9.26 Å². The van der Waals surface area contributed by atoms with Crippen LogP contribution in [0.3, 0.4) is 0 Å². The van der Waals surface area contributed by atoms with Crippen LogP contribution in [0.15, 0.2) is 4.52 Å². The van der Waals surface area contributed by atoms with Crippen LogP contribution in [-0.4, -0.2) is 16.7 Å². The Morgan fingerprint density at radius 3 is 2.80 bits per heavy atom. The summed E-state index contributed by atoms with van der Waals surface area (Å²) in [6.45, 7) is 0.794. The number of nitrogens with two attached hydrogens (primary N) is 1. The normalized spacial score (nSPS) is 29.0. The predicted molar refractivity (Wildman–Crippen MR) is 51.9 cm³/mol. The molecule has 0 spiro atoms. The van der Waals surface area contributed by atoms with E-state index in [9.17, 15) is 0 Å². The molecule has 2 fully saturated rings. The topological polar surface area (TPSA) is 74.2 Å². The van der Waals surface area contributed by atoms with Gasteiger partial charge in [0, 0.05) is 6.61 Å². The van der Waals surface area contributed by atoms with Gasteiger partial charge in [0.25, 0.3) is 0 Å². The summed E-state index contributed by atoms with van der Waals surface area (Å²) in [7, 11) is 0. The Bertz CT molecular complexity index is 353. The minimum atomic E-state index is -0.357. The van der Waals surface area contributed by atoms with Gasteiger partial charge < -0.3 is 15.0 Å². The van der Waals surface area contributed by atoms with Crippen LogP contribution in [0.25, 0.3) is 0 Å². The van der Waals surface area contributed by atoms with Crippen molar-refractivity contribution in [1.29, 1.82) is 0 Å². The first-order valence-electron chi connectivity index (χ1n) is 5.52. The molecular formula is C10H15N3O2. The molecule has 0 radical (unpaired) electrons. The fourth-order valence-electron chi connectivity index (χ4n) is 2.12. The number of ether oxygens (including phenoxy) is 1. The molecule has 0 bridgehead atoms. The second-order valence-electron chi connectivity index (χ2n) is 4.47. The summed E-state index contributed by atoms with van der Waals surface area (Å²) in [5.41, 5.74) is 5.74. The highest BCUT2D eigenvalue weighted by Gasteiger charge is 2.40. The summed E-state index contributed by atoms with van der Waals surface area (Å²) in [5.74, 6) is 1.25. The monoisotopic (exact) mass is 209 g/mol. The molecule has 0 amide bonds. The van der Waals surface area contributed by atoms with Gasteiger partial charge in [-0.05, 0) is 32.1 Å². The molecular weight excluding hydrogens is 194 g/mol. The lowest BCUT2D eigenvalue weighted by Gasteiger charge is -2.33. The van der Waals surface area contributed by atoms with Crippen molar-refractivity contribution in [2.75, 3.05) is 6.61 Å². The Hall–Kier alpha value is -0.940. The minimum absolute atomic E-state index is 0.0196. The van der Waals surface area contributed by atoms with E-state index in [1.54, 1.807) is 0 Å². The van der Waals surface area contributed by atoms with E-state index in [-0.39, 0.29) is 11.6 Å². The van der Waals surface area contributed by atoms with Crippen LogP contribution >= 0.6 is 0 Å². The summed E-state index contributed by atoms with van der Waals surface area (Å²) in [5, 5.41) is 3.96. The molecule has 1 saturated carbocycles. The van der Waals surface area contributed by atoms with Crippen LogP contribution in [-0.2, 0) is 10.3 Å². The first-order valence-corrected chi connectivity index (χ1v) is 5.52. The SMILES string of the molecule is NC1(c2nc(C3CCCO3)no2)CCC1. The Labute approximate surface area is 88.0 Å². The molecule has 5 heteroatoms. The molecule has 1 aromatic heterocycles. The van der Waals surface area contributed by atoms with E-state index in [1.807, 2.05) is 0 Å². The maximum Gasteiger partial charge on any atom is 0.246 e. The van der Waals surface area contributed by atoms with Crippen LogP contribution in [0.4, 0.5) is 0 Å². The standard InChI is InChI=1S/C10H15N3O2/c11-10(4-2-5-10)9-12-8(13-15-9)7-3-1-6-14-7/h7H,1-6,11H2. The molecule has 1 unspecified atom stereocenters. The predicted octanol–water partition coefficient (Wildman–Crippen LogP) is 1.26. The number of nitrogens with zero attached hydrogens (tertiary/aromatic N) is 2. The lowest BCUT2D eigenvalue weighted by Crippen LogP contribution is -2.43. The number of aromatic nitrogens is 2. The second kappa shape index (κ2) is 3.28. The second-order valence-corrected chi connectivity index (χ2v) is 4.47. The third-order valence-electron chi connectivity index (χ3n) is 3.33. The molecule has 0 aromatic carbocycles. The largest absolute Gasteiger partial charge is 0.370 e. The lowest BCUT2D eigenvalue weighted by atomic mass is 9.78. The molecule has 82 valence electrons. The smallest absolute Gasteiger partial charge is 0.246 e. The van der Waals surface area contributed by atoms with Gasteiger partial charge in [0.2, 0.25) is 11.7 Å². The van der Waals surface area contributed by atoms with Crippen LogP contribution in [0.2, 0.25) is 0 Å². The van der Waals surface area contributed by atoms with Gasteiger partial charge in [-0.1, -0.05) is 5.16 Å². The quantitative estimate of drug-likeness (QED) is 0.793. The van der Waals surface area contributed by atoms with Crippen molar-refractivity contribution in [3.8, 4) is 0 Å². The minimum Gasteiger partial charge on any atom is -0.370 e. The van der Waals surface area contributed by atoms with E-state index >= 15 is 0 Å². The van der Waals surface area contributed by atoms with Gasteiger partial charge in [-0.25, -0.2) is 0 Å². The summed E-state index contributed by atoms with van der Waals surface area (Å²) >= 11 is 0. The van der Waals surface area contributed by atoms with Crippen molar-refractivity contribution in [3.05, 3.63) is 11.7 Å². The Morgan fingerprint density at radius 2 is 2.20 bits per heavy atom. The highest BCUT2D eigenvalue weighted by molar-refractivity contribution is 5.08. The van der Waals surface area contributed by atoms with Gasteiger partial charge in [0.05, 0.1) is 5.54 Å². The maximum atomic E-state index is 6.10. The van der Waals surface area contributed by atoms with Gasteiger partial charge in [-0.2, -0.15) is 4.98 Å². The maximum absolute atomic E-state index is 6.10. The fourth-order valence-corrected chi connectivity index (χ4v) is 2.12. The summed E-state index contributed by atoms with van der Waals surface area (Å²) in [4.78, 5) is 4.36. The Kier molecular flexibility index (Phi) is 2.03. The first kappa shape index (κ1) is 9.30. The van der Waals surface area contributed by atoms with E-state index in [0.29, 0.717) is 11.7 Å². The lowest BCUT2D eigenvalue weighted by molar-refractivity contribution is 0.102. The molecule has 5 nitrogen and oxygen atoms in total. The van der Waals surface area contributed by atoms with Crippen LogP contribution in [0.5, 0.6) is 0 Å². The third-order valence-corrected chi connectivity index (χ3v) is 3.33. The van der Waals surface area contributed by atoms with Crippen LogP contribution in [0, 0.1) is 0 Å². The van der Waals surface area contributed by atoms with Crippen molar-refractivity contribution in [3.63, 3.8) is 0 Å². The van der Waals surface area contributed by atoms with E-state index in [2.05, 4.69) is 10.1 Å². The molecule has 1 aliphatic carbocycles. The number of hydrogen-bond donors (Lipinski definition) is 1. The van der Waals surface area contributed by atoms with Gasteiger partial charge in [-0.15, -0.1) is 0 Å². The van der Waals surface area contributed by atoms with Crippen molar-refractivity contribution >= 4 is 0 Å². The van der Waals surface area contributed by atoms with E-state index < -0.39 is 0 Å². The van der Waals surface area contributed by atoms with E-state index in [1.165, 1.54) is 0 Å². The molecule has 1 saturated heterocycles. The molecule has 1 atom stereocenters. The zero-order chi connectivity index (χ0) is 10.3. The first-order chi connectivity index (χ1) is 7.28. The average molecular weight is 209 g/mol. The van der Waals surface area contributed by atoms with Crippen molar-refractivity contribution in [2.45, 2.75) is 43.7 Å². The summed E-state index contributed by atoms with van der Waals surface area (Å²) in [6, 6.07) is 0. The molecule has 15 heavy (non-hydrogen) atoms. The van der Waals surface area contributed by atoms with Crippen molar-refractivity contribution in [1.82, 2.24) is 10.1 Å². The van der Waals surface area contributed by atoms with Crippen molar-refractivity contribution in [2.24, 2.45) is 5.73 Å². The van der Waals surface area contributed by atoms with Gasteiger partial charge >= 0.3 is 0 Å². The molecule has 2 aliphatic rings. The fraction of sp³-hybridized carbons (Fsp3) is 0.800. The van der Waals surface area contributed by atoms with E-state index in [4.69, 9.17) is 15.0 Å². The molecule has 1 aliphatic heterocycles. The molecule has 2 heterocycles. The highest BCUT2D eigenvalue weighted by atomic mass is 16.5. The summed E-state index contributed by atoms with van der Waals surface area (Å²) < 4.78 is 10.7. The van der Waals surface area contributed by atoms with Gasteiger partial charge in [0.1, 0.15) is 6.10 Å². The average Bonchev–Trinajstić information content (AvgIpc) is 2.84. The zero-order valence-corrected chi connectivity index (χ0v) is 8.61. The highest BCUT2D eigenvalue weighted by Crippen LogP contribution is 2.38. The van der Waals surface area contributed by atoms with E-state index in [0.717, 1.165) is 38.7 Å². The Balaban J connectivity index is 1.80. The van der Waals surface area contributed by atoms with Crippen LogP contribution in [0.1, 0.15) is 49.9 Å². The Morgan fingerprint density at radius 1 is 1.33 bits per heavy atom. The summed E-state index contributed by atoms with van der Waals surface area (Å²) in [6.07, 6.45) is 5.11. The van der Waals surface area contributed by atoms with Crippen LogP contribution < -0.4 is 5.73 Å². The third kappa shape index (κ3) is 1.46. The van der Waals surface area contributed by atoms with Gasteiger partial charge in [0.15, 0.2) is 0 Å². The van der Waals surface area contributed by atoms with Gasteiger partial charge in [-0.3, -0.25) is 0 Å². The molecule has 3 rings (SSSR count). The number of rotatable bonds is 2. The molecule has 2 N–H and O–H groups in total. The molecule has 1 aromatic rings.